The van der Waals surface area contributed by atoms with Crippen LogP contribution in [0.1, 0.15) is 37.7 Å². The maximum atomic E-state index is 12.5. The monoisotopic (exact) mass is 306 g/mol. The molecule has 1 aromatic carbocycles. The largest absolute Gasteiger partial charge is 0.373 e. The Bertz CT molecular complexity index is 582. The number of hydrogen-bond donors (Lipinski definition) is 1. The fourth-order valence-corrected chi connectivity index (χ4v) is 3.51. The number of aryl methyl sites for hydroxylation is 1. The van der Waals surface area contributed by atoms with Crippen LogP contribution in [0.25, 0.3) is 0 Å². The van der Waals surface area contributed by atoms with E-state index in [-0.39, 0.29) is 24.3 Å². The summed E-state index contributed by atoms with van der Waals surface area (Å²) in [6.45, 7) is 1.93. The highest BCUT2D eigenvalue weighted by molar-refractivity contribution is 6.30. The zero-order chi connectivity index (χ0) is 15.0. The Morgan fingerprint density at radius 2 is 1.95 bits per heavy atom. The number of carbonyl (C=O) groups is 2. The fraction of sp³-hybridized carbons (Fsp3) is 0.500. The van der Waals surface area contributed by atoms with Crippen LogP contribution in [0.5, 0.6) is 0 Å². The number of hydrogen-bond acceptors (Lipinski definition) is 3. The first kappa shape index (κ1) is 14.4. The van der Waals surface area contributed by atoms with Crippen molar-refractivity contribution in [3.05, 3.63) is 28.8 Å². The van der Waals surface area contributed by atoms with Gasteiger partial charge in [0, 0.05) is 16.8 Å². The van der Waals surface area contributed by atoms with E-state index in [9.17, 15) is 9.59 Å². The van der Waals surface area contributed by atoms with Gasteiger partial charge in [0.2, 0.25) is 5.91 Å². The van der Waals surface area contributed by atoms with Crippen LogP contribution in [0.4, 0.5) is 5.69 Å². The first-order valence-electron chi connectivity index (χ1n) is 7.45. The Morgan fingerprint density at radius 1 is 1.24 bits per heavy atom. The number of anilines is 1. The Morgan fingerprint density at radius 3 is 2.62 bits per heavy atom. The van der Waals surface area contributed by atoms with Crippen LogP contribution in [0.15, 0.2) is 18.2 Å². The Hall–Kier alpha value is -1.55. The van der Waals surface area contributed by atoms with Gasteiger partial charge in [-0.1, -0.05) is 24.4 Å². The van der Waals surface area contributed by atoms with E-state index in [0.717, 1.165) is 36.9 Å². The molecule has 1 aromatic rings. The summed E-state index contributed by atoms with van der Waals surface area (Å²) < 4.78 is 0. The molecule has 1 aliphatic carbocycles. The van der Waals surface area contributed by atoms with Crippen LogP contribution in [0.2, 0.25) is 5.02 Å². The first-order chi connectivity index (χ1) is 10.1. The third-order valence-electron chi connectivity index (χ3n) is 4.39. The molecule has 21 heavy (non-hydrogen) atoms. The van der Waals surface area contributed by atoms with Gasteiger partial charge in [-0.15, -0.1) is 0 Å². The third kappa shape index (κ3) is 2.77. The molecule has 2 aliphatic rings. The number of likely N-dealkylation sites (tertiary alicyclic amines) is 1. The zero-order valence-electron chi connectivity index (χ0n) is 12.1. The summed E-state index contributed by atoms with van der Waals surface area (Å²) in [6.07, 6.45) is 4.36. The van der Waals surface area contributed by atoms with E-state index in [1.54, 1.807) is 6.07 Å². The highest BCUT2D eigenvalue weighted by Gasteiger charge is 2.43. The van der Waals surface area contributed by atoms with Crippen molar-refractivity contribution < 1.29 is 9.59 Å². The molecule has 0 bridgehead atoms. The maximum Gasteiger partial charge on any atom is 0.252 e. The van der Waals surface area contributed by atoms with E-state index in [0.29, 0.717) is 5.02 Å². The number of nitrogens with one attached hydrogen (secondary N) is 1. The van der Waals surface area contributed by atoms with Crippen molar-refractivity contribution in [2.75, 3.05) is 5.32 Å². The normalized spacial score (nSPS) is 23.1. The van der Waals surface area contributed by atoms with E-state index in [1.165, 1.54) is 4.90 Å². The molecule has 1 unspecified atom stereocenters. The van der Waals surface area contributed by atoms with Gasteiger partial charge in [-0.25, -0.2) is 0 Å². The van der Waals surface area contributed by atoms with Gasteiger partial charge in [-0.2, -0.15) is 0 Å². The van der Waals surface area contributed by atoms with Gasteiger partial charge in [0.05, 0.1) is 6.42 Å². The predicted octanol–water partition coefficient (Wildman–Crippen LogP) is 3.13. The van der Waals surface area contributed by atoms with Crippen molar-refractivity contribution in [3.63, 3.8) is 0 Å². The molecule has 1 N–H and O–H groups in total. The lowest BCUT2D eigenvalue weighted by atomic mass is 10.1. The van der Waals surface area contributed by atoms with Crippen LogP contribution >= 0.6 is 11.6 Å². The van der Waals surface area contributed by atoms with E-state index < -0.39 is 6.04 Å². The Balaban J connectivity index is 1.75. The summed E-state index contributed by atoms with van der Waals surface area (Å²) in [6, 6.07) is 5.15. The van der Waals surface area contributed by atoms with Crippen molar-refractivity contribution >= 4 is 29.1 Å². The molecule has 0 aromatic heterocycles. The molecule has 5 heteroatoms. The molecule has 1 saturated carbocycles. The average Bonchev–Trinajstić information content (AvgIpc) is 3.02. The molecule has 4 nitrogen and oxygen atoms in total. The van der Waals surface area contributed by atoms with E-state index in [2.05, 4.69) is 5.32 Å². The molecule has 1 heterocycles. The number of imide groups is 1. The molecule has 112 valence electrons. The summed E-state index contributed by atoms with van der Waals surface area (Å²) in [5.41, 5.74) is 1.83. The number of halogens is 1. The average molecular weight is 307 g/mol. The van der Waals surface area contributed by atoms with E-state index in [1.807, 2.05) is 19.1 Å². The lowest BCUT2D eigenvalue weighted by Gasteiger charge is -2.22. The molecular weight excluding hydrogens is 288 g/mol. The quantitative estimate of drug-likeness (QED) is 0.873. The molecule has 0 spiro atoms. The van der Waals surface area contributed by atoms with Gasteiger partial charge in [-0.05, 0) is 43.5 Å². The second kappa shape index (κ2) is 5.68. The van der Waals surface area contributed by atoms with Gasteiger partial charge in [0.25, 0.3) is 5.91 Å². The number of nitrogens with zero attached hydrogens (tertiary/aromatic N) is 1. The van der Waals surface area contributed by atoms with Crippen LogP contribution < -0.4 is 5.32 Å². The SMILES string of the molecule is Cc1cc(Cl)ccc1NC1CC(=O)N(C2CCCC2)C1=O. The van der Waals surface area contributed by atoms with E-state index in [4.69, 9.17) is 11.6 Å². The topological polar surface area (TPSA) is 49.4 Å². The first-order valence-corrected chi connectivity index (χ1v) is 7.82. The van der Waals surface area contributed by atoms with Gasteiger partial charge in [-0.3, -0.25) is 14.5 Å². The lowest BCUT2D eigenvalue weighted by molar-refractivity contribution is -0.141. The second-order valence-electron chi connectivity index (χ2n) is 5.90. The van der Waals surface area contributed by atoms with Crippen LogP contribution in [0.3, 0.4) is 0 Å². The van der Waals surface area contributed by atoms with Crippen molar-refractivity contribution in [3.8, 4) is 0 Å². The maximum absolute atomic E-state index is 12.5. The van der Waals surface area contributed by atoms with Crippen molar-refractivity contribution in [2.45, 2.75) is 51.1 Å². The minimum absolute atomic E-state index is 0.0454. The third-order valence-corrected chi connectivity index (χ3v) is 4.63. The fourth-order valence-electron chi connectivity index (χ4n) is 3.29. The Kier molecular flexibility index (Phi) is 3.89. The summed E-state index contributed by atoms with van der Waals surface area (Å²) >= 11 is 5.94. The number of rotatable bonds is 3. The second-order valence-corrected chi connectivity index (χ2v) is 6.34. The van der Waals surface area contributed by atoms with Crippen LogP contribution in [-0.4, -0.2) is 28.8 Å². The van der Waals surface area contributed by atoms with Crippen LogP contribution in [-0.2, 0) is 9.59 Å². The molecule has 3 rings (SSSR count). The number of benzene rings is 1. The highest BCUT2D eigenvalue weighted by Crippen LogP contribution is 2.30. The van der Waals surface area contributed by atoms with Gasteiger partial charge >= 0.3 is 0 Å². The van der Waals surface area contributed by atoms with Crippen molar-refractivity contribution in [1.82, 2.24) is 4.90 Å². The van der Waals surface area contributed by atoms with Crippen molar-refractivity contribution in [1.29, 1.82) is 0 Å². The van der Waals surface area contributed by atoms with Gasteiger partial charge in [0.15, 0.2) is 0 Å². The standard InChI is InChI=1S/C16H19ClN2O2/c1-10-8-11(17)6-7-13(10)18-14-9-15(20)19(16(14)21)12-4-2-3-5-12/h6-8,12,14,18H,2-5,9H2,1H3. The molecule has 1 atom stereocenters. The molecule has 1 saturated heterocycles. The molecule has 2 amide bonds. The molecule has 2 fully saturated rings. The van der Waals surface area contributed by atoms with Gasteiger partial charge < -0.3 is 5.32 Å². The predicted molar refractivity (Wildman–Crippen MR) is 82.3 cm³/mol. The minimum Gasteiger partial charge on any atom is -0.373 e. The summed E-state index contributed by atoms with van der Waals surface area (Å²) in [4.78, 5) is 26.2. The minimum atomic E-state index is -0.446. The smallest absolute Gasteiger partial charge is 0.252 e. The summed E-state index contributed by atoms with van der Waals surface area (Å²) in [5.74, 6) is -0.128. The molecule has 0 radical (unpaired) electrons. The van der Waals surface area contributed by atoms with E-state index >= 15 is 0 Å². The number of carbonyl (C=O) groups excluding carboxylic acids is 2. The molecular formula is C16H19ClN2O2. The zero-order valence-corrected chi connectivity index (χ0v) is 12.8. The van der Waals surface area contributed by atoms with Gasteiger partial charge in [0.1, 0.15) is 6.04 Å². The highest BCUT2D eigenvalue weighted by atomic mass is 35.5. The Labute approximate surface area is 129 Å². The summed E-state index contributed by atoms with van der Waals surface area (Å²) in [7, 11) is 0. The van der Waals surface area contributed by atoms with Crippen molar-refractivity contribution in [2.24, 2.45) is 0 Å². The molecule has 1 aliphatic heterocycles. The summed E-state index contributed by atoms with van der Waals surface area (Å²) in [5, 5.41) is 3.87. The number of amides is 2. The van der Waals surface area contributed by atoms with Crippen LogP contribution in [0, 0.1) is 6.92 Å². The lowest BCUT2D eigenvalue weighted by Crippen LogP contribution is -2.41.